The lowest BCUT2D eigenvalue weighted by atomic mass is 10.1. The monoisotopic (exact) mass is 353 g/mol. The number of carbonyl (C=O) groups is 2. The minimum Gasteiger partial charge on any atom is -0.462 e. The highest BCUT2D eigenvalue weighted by Gasteiger charge is 2.21. The summed E-state index contributed by atoms with van der Waals surface area (Å²) in [5.74, 6) is -0.563. The number of esters is 1. The van der Waals surface area contributed by atoms with Crippen LogP contribution in [0.2, 0.25) is 0 Å². The Morgan fingerprint density at radius 3 is 2.52 bits per heavy atom. The molecular formula is C20H19NO3S. The van der Waals surface area contributed by atoms with E-state index in [1.165, 1.54) is 11.3 Å². The molecule has 1 heterocycles. The first-order valence-electron chi connectivity index (χ1n) is 8.12. The van der Waals surface area contributed by atoms with Crippen LogP contribution < -0.4 is 5.32 Å². The van der Waals surface area contributed by atoms with Crippen molar-refractivity contribution in [1.82, 2.24) is 0 Å². The van der Waals surface area contributed by atoms with Gasteiger partial charge in [0.1, 0.15) is 10.6 Å². The number of anilines is 1. The maximum atomic E-state index is 12.4. The molecule has 5 heteroatoms. The van der Waals surface area contributed by atoms with E-state index in [0.717, 1.165) is 21.2 Å². The smallest absolute Gasteiger partial charge is 0.341 e. The molecule has 128 valence electrons. The van der Waals surface area contributed by atoms with Gasteiger partial charge in [-0.25, -0.2) is 4.79 Å². The van der Waals surface area contributed by atoms with Crippen molar-refractivity contribution >= 4 is 38.3 Å². The summed E-state index contributed by atoms with van der Waals surface area (Å²) in [6.45, 7) is 4.06. The number of carbonyl (C=O) groups excluding carboxylic acids is 2. The SMILES string of the molecule is CCOC(=O)c1c(NC(=O)Cc2ccc(C)cc2)sc2ccccc12. The Kier molecular flexibility index (Phi) is 5.14. The largest absolute Gasteiger partial charge is 0.462 e. The lowest BCUT2D eigenvalue weighted by molar-refractivity contribution is -0.115. The average Bonchev–Trinajstić information content (AvgIpc) is 2.95. The maximum absolute atomic E-state index is 12.4. The lowest BCUT2D eigenvalue weighted by Crippen LogP contribution is -2.16. The highest BCUT2D eigenvalue weighted by Crippen LogP contribution is 2.36. The predicted molar refractivity (Wildman–Crippen MR) is 101 cm³/mol. The van der Waals surface area contributed by atoms with E-state index in [4.69, 9.17) is 4.74 Å². The van der Waals surface area contributed by atoms with Crippen molar-refractivity contribution in [2.75, 3.05) is 11.9 Å². The molecule has 0 atom stereocenters. The first-order valence-corrected chi connectivity index (χ1v) is 8.94. The van der Waals surface area contributed by atoms with Crippen molar-refractivity contribution in [3.8, 4) is 0 Å². The molecule has 25 heavy (non-hydrogen) atoms. The molecule has 3 aromatic rings. The molecule has 0 unspecified atom stereocenters. The normalized spacial score (nSPS) is 10.6. The molecular weight excluding hydrogens is 334 g/mol. The standard InChI is InChI=1S/C20H19NO3S/c1-3-24-20(23)18-15-6-4-5-7-16(15)25-19(18)21-17(22)12-14-10-8-13(2)9-11-14/h4-11H,3,12H2,1-2H3,(H,21,22). The van der Waals surface area contributed by atoms with Gasteiger partial charge in [0.25, 0.3) is 0 Å². The van der Waals surface area contributed by atoms with Crippen LogP contribution in [0.5, 0.6) is 0 Å². The van der Waals surface area contributed by atoms with Crippen molar-refractivity contribution < 1.29 is 14.3 Å². The van der Waals surface area contributed by atoms with Gasteiger partial charge >= 0.3 is 5.97 Å². The van der Waals surface area contributed by atoms with Gasteiger partial charge in [-0.1, -0.05) is 48.0 Å². The van der Waals surface area contributed by atoms with Crippen LogP contribution in [0.25, 0.3) is 10.1 Å². The number of benzene rings is 2. The average molecular weight is 353 g/mol. The fourth-order valence-electron chi connectivity index (χ4n) is 2.60. The Morgan fingerprint density at radius 1 is 1.08 bits per heavy atom. The van der Waals surface area contributed by atoms with Gasteiger partial charge in [-0.2, -0.15) is 0 Å². The van der Waals surface area contributed by atoms with Gasteiger partial charge in [-0.3, -0.25) is 4.79 Å². The van der Waals surface area contributed by atoms with Gasteiger partial charge in [0.2, 0.25) is 5.91 Å². The van der Waals surface area contributed by atoms with E-state index < -0.39 is 5.97 Å². The molecule has 0 aliphatic heterocycles. The number of aryl methyl sites for hydroxylation is 1. The van der Waals surface area contributed by atoms with Crippen molar-refractivity contribution in [2.24, 2.45) is 0 Å². The van der Waals surface area contributed by atoms with Crippen LogP contribution in [0.4, 0.5) is 5.00 Å². The van der Waals surface area contributed by atoms with Crippen LogP contribution in [0.3, 0.4) is 0 Å². The van der Waals surface area contributed by atoms with Crippen molar-refractivity contribution in [3.63, 3.8) is 0 Å². The first-order chi connectivity index (χ1) is 12.1. The number of fused-ring (bicyclic) bond motifs is 1. The lowest BCUT2D eigenvalue weighted by Gasteiger charge is -2.07. The molecule has 0 aliphatic carbocycles. The summed E-state index contributed by atoms with van der Waals surface area (Å²) < 4.78 is 6.11. The fourth-order valence-corrected chi connectivity index (χ4v) is 3.71. The summed E-state index contributed by atoms with van der Waals surface area (Å²) in [6, 6.07) is 15.4. The van der Waals surface area contributed by atoms with E-state index in [-0.39, 0.29) is 12.3 Å². The van der Waals surface area contributed by atoms with E-state index in [2.05, 4.69) is 5.32 Å². The minimum absolute atomic E-state index is 0.152. The highest BCUT2D eigenvalue weighted by atomic mass is 32.1. The first kappa shape index (κ1) is 17.2. The summed E-state index contributed by atoms with van der Waals surface area (Å²) in [6.07, 6.45) is 0.261. The van der Waals surface area contributed by atoms with E-state index in [9.17, 15) is 9.59 Å². The third-order valence-corrected chi connectivity index (χ3v) is 4.90. The molecule has 0 bridgehead atoms. The second kappa shape index (κ2) is 7.49. The van der Waals surface area contributed by atoms with E-state index in [1.807, 2.05) is 55.5 Å². The zero-order valence-corrected chi connectivity index (χ0v) is 15.0. The van der Waals surface area contributed by atoms with Crippen LogP contribution in [-0.2, 0) is 16.0 Å². The second-order valence-electron chi connectivity index (χ2n) is 5.73. The molecule has 0 fully saturated rings. The van der Waals surface area contributed by atoms with Crippen molar-refractivity contribution in [2.45, 2.75) is 20.3 Å². The van der Waals surface area contributed by atoms with Crippen LogP contribution in [0.1, 0.15) is 28.4 Å². The maximum Gasteiger partial charge on any atom is 0.341 e. The Morgan fingerprint density at radius 2 is 1.80 bits per heavy atom. The topological polar surface area (TPSA) is 55.4 Å². The summed E-state index contributed by atoms with van der Waals surface area (Å²) >= 11 is 1.39. The minimum atomic E-state index is -0.411. The number of rotatable bonds is 5. The number of amides is 1. The van der Waals surface area contributed by atoms with Crippen LogP contribution in [0.15, 0.2) is 48.5 Å². The number of hydrogen-bond acceptors (Lipinski definition) is 4. The number of hydrogen-bond donors (Lipinski definition) is 1. The summed E-state index contributed by atoms with van der Waals surface area (Å²) in [4.78, 5) is 24.8. The second-order valence-corrected chi connectivity index (χ2v) is 6.79. The Labute approximate surface area is 150 Å². The van der Waals surface area contributed by atoms with Crippen molar-refractivity contribution in [3.05, 3.63) is 65.2 Å². The Bertz CT molecular complexity index is 912. The van der Waals surface area contributed by atoms with Crippen LogP contribution in [0, 0.1) is 6.92 Å². The predicted octanol–water partition coefficient (Wildman–Crippen LogP) is 4.57. The van der Waals surface area contributed by atoms with Gasteiger partial charge < -0.3 is 10.1 Å². The molecule has 0 saturated carbocycles. The molecule has 0 radical (unpaired) electrons. The third kappa shape index (κ3) is 3.88. The molecule has 4 nitrogen and oxygen atoms in total. The molecule has 0 saturated heterocycles. The number of nitrogens with one attached hydrogen (secondary N) is 1. The Balaban J connectivity index is 1.87. The molecule has 3 rings (SSSR count). The zero-order valence-electron chi connectivity index (χ0n) is 14.2. The molecule has 2 aromatic carbocycles. The van der Waals surface area contributed by atoms with Crippen LogP contribution in [-0.4, -0.2) is 18.5 Å². The van der Waals surface area contributed by atoms with Crippen LogP contribution >= 0.6 is 11.3 Å². The van der Waals surface area contributed by atoms with Crippen molar-refractivity contribution in [1.29, 1.82) is 0 Å². The molecule has 1 aromatic heterocycles. The number of thiophene rings is 1. The van der Waals surface area contributed by atoms with Gasteiger partial charge in [0.15, 0.2) is 0 Å². The molecule has 0 spiro atoms. The van der Waals surface area contributed by atoms with Gasteiger partial charge in [0.05, 0.1) is 13.0 Å². The van der Waals surface area contributed by atoms with E-state index in [0.29, 0.717) is 17.2 Å². The quantitative estimate of drug-likeness (QED) is 0.684. The zero-order chi connectivity index (χ0) is 17.8. The molecule has 0 aliphatic rings. The van der Waals surface area contributed by atoms with Gasteiger partial charge in [-0.05, 0) is 25.5 Å². The molecule has 1 amide bonds. The third-order valence-electron chi connectivity index (χ3n) is 3.81. The van der Waals surface area contributed by atoms with E-state index in [1.54, 1.807) is 6.92 Å². The summed E-state index contributed by atoms with van der Waals surface area (Å²) in [7, 11) is 0. The number of ether oxygens (including phenoxy) is 1. The van der Waals surface area contributed by atoms with E-state index >= 15 is 0 Å². The van der Waals surface area contributed by atoms with Gasteiger partial charge in [0, 0.05) is 10.1 Å². The fraction of sp³-hybridized carbons (Fsp3) is 0.200. The molecule has 1 N–H and O–H groups in total. The Hall–Kier alpha value is -2.66. The summed E-state index contributed by atoms with van der Waals surface area (Å²) in [5, 5.41) is 4.22. The highest BCUT2D eigenvalue weighted by molar-refractivity contribution is 7.23. The van der Waals surface area contributed by atoms with Gasteiger partial charge in [-0.15, -0.1) is 11.3 Å². The summed E-state index contributed by atoms with van der Waals surface area (Å²) in [5.41, 5.74) is 2.51.